The number of amides is 1. The predicted octanol–water partition coefficient (Wildman–Crippen LogP) is 3.04. The van der Waals surface area contributed by atoms with Gasteiger partial charge in [0.1, 0.15) is 11.3 Å². The van der Waals surface area contributed by atoms with Crippen LogP contribution in [0.2, 0.25) is 0 Å². The molecule has 1 aromatic carbocycles. The molecule has 1 atom stereocenters. The fourth-order valence-electron chi connectivity index (χ4n) is 2.64. The standard InChI is InChI=1S/C18H20N4O3S/c1-3-24-14-7-5-4-6-13(14)16-21-22-17(25-16)26-10-15(23)20-18(2,11-19)12-8-9-12/h4-7,12H,3,8-10H2,1-2H3,(H,20,23). The Balaban J connectivity index is 1.61. The summed E-state index contributed by atoms with van der Waals surface area (Å²) in [4.78, 5) is 12.1. The largest absolute Gasteiger partial charge is 0.493 e. The molecule has 2 aromatic rings. The van der Waals surface area contributed by atoms with Gasteiger partial charge in [-0.2, -0.15) is 5.26 Å². The van der Waals surface area contributed by atoms with Gasteiger partial charge in [0.25, 0.3) is 11.1 Å². The lowest BCUT2D eigenvalue weighted by molar-refractivity contribution is -0.119. The summed E-state index contributed by atoms with van der Waals surface area (Å²) in [5.74, 6) is 1.14. The van der Waals surface area contributed by atoms with E-state index in [-0.39, 0.29) is 17.6 Å². The van der Waals surface area contributed by atoms with Crippen molar-refractivity contribution in [3.8, 4) is 23.3 Å². The molecule has 1 aromatic heterocycles. The molecule has 1 aliphatic rings. The van der Waals surface area contributed by atoms with Crippen LogP contribution in [-0.4, -0.2) is 34.0 Å². The molecule has 0 bridgehead atoms. The molecule has 1 fully saturated rings. The van der Waals surface area contributed by atoms with Crippen molar-refractivity contribution < 1.29 is 13.9 Å². The van der Waals surface area contributed by atoms with E-state index in [0.29, 0.717) is 29.0 Å². The van der Waals surface area contributed by atoms with E-state index in [1.165, 1.54) is 0 Å². The molecule has 1 N–H and O–H groups in total. The quantitative estimate of drug-likeness (QED) is 0.711. The Labute approximate surface area is 156 Å². The molecule has 1 heterocycles. The second kappa shape index (κ2) is 7.79. The number of rotatable bonds is 8. The maximum atomic E-state index is 12.1. The molecule has 1 amide bonds. The number of nitriles is 1. The van der Waals surface area contributed by atoms with Gasteiger partial charge >= 0.3 is 0 Å². The molecular formula is C18H20N4O3S. The number of aromatic nitrogens is 2. The van der Waals surface area contributed by atoms with E-state index < -0.39 is 5.54 Å². The minimum atomic E-state index is -0.798. The number of ether oxygens (including phenoxy) is 1. The third-order valence-electron chi connectivity index (χ3n) is 4.18. The molecule has 7 nitrogen and oxygen atoms in total. The summed E-state index contributed by atoms with van der Waals surface area (Å²) < 4.78 is 11.2. The minimum Gasteiger partial charge on any atom is -0.493 e. The van der Waals surface area contributed by atoms with Crippen LogP contribution in [0.25, 0.3) is 11.5 Å². The second-order valence-electron chi connectivity index (χ2n) is 6.23. The van der Waals surface area contributed by atoms with Crippen LogP contribution in [0.3, 0.4) is 0 Å². The zero-order chi connectivity index (χ0) is 18.6. The van der Waals surface area contributed by atoms with Crippen molar-refractivity contribution in [3.05, 3.63) is 24.3 Å². The van der Waals surface area contributed by atoms with Crippen LogP contribution in [0.1, 0.15) is 26.7 Å². The van der Waals surface area contributed by atoms with Crippen molar-refractivity contribution in [3.63, 3.8) is 0 Å². The van der Waals surface area contributed by atoms with E-state index >= 15 is 0 Å². The summed E-state index contributed by atoms with van der Waals surface area (Å²) in [6, 6.07) is 9.62. The number of para-hydroxylation sites is 1. The van der Waals surface area contributed by atoms with E-state index in [4.69, 9.17) is 9.15 Å². The summed E-state index contributed by atoms with van der Waals surface area (Å²) in [6.45, 7) is 4.20. The highest BCUT2D eigenvalue weighted by molar-refractivity contribution is 7.99. The smallest absolute Gasteiger partial charge is 0.277 e. The van der Waals surface area contributed by atoms with Crippen molar-refractivity contribution in [1.29, 1.82) is 5.26 Å². The van der Waals surface area contributed by atoms with E-state index in [9.17, 15) is 10.1 Å². The highest BCUT2D eigenvalue weighted by Gasteiger charge is 2.42. The lowest BCUT2D eigenvalue weighted by Crippen LogP contribution is -2.47. The van der Waals surface area contributed by atoms with Gasteiger partial charge < -0.3 is 14.5 Å². The molecule has 1 unspecified atom stereocenters. The molecular weight excluding hydrogens is 352 g/mol. The maximum absolute atomic E-state index is 12.1. The van der Waals surface area contributed by atoms with Gasteiger partial charge in [-0.15, -0.1) is 10.2 Å². The molecule has 1 saturated carbocycles. The molecule has 8 heteroatoms. The zero-order valence-electron chi connectivity index (χ0n) is 14.7. The Hall–Kier alpha value is -2.53. The summed E-state index contributed by atoms with van der Waals surface area (Å²) >= 11 is 1.14. The van der Waals surface area contributed by atoms with E-state index in [1.54, 1.807) is 6.92 Å². The van der Waals surface area contributed by atoms with Crippen LogP contribution in [0.15, 0.2) is 33.9 Å². The minimum absolute atomic E-state index is 0.110. The van der Waals surface area contributed by atoms with Crippen LogP contribution >= 0.6 is 11.8 Å². The fraction of sp³-hybridized carbons (Fsp3) is 0.444. The van der Waals surface area contributed by atoms with Gasteiger partial charge in [0.05, 0.1) is 24.0 Å². The van der Waals surface area contributed by atoms with Gasteiger partial charge in [-0.25, -0.2) is 0 Å². The summed E-state index contributed by atoms with van der Waals surface area (Å²) in [5, 5.41) is 20.4. The Morgan fingerprint density at radius 1 is 1.46 bits per heavy atom. The molecule has 0 radical (unpaired) electrons. The number of carbonyl (C=O) groups is 1. The second-order valence-corrected chi connectivity index (χ2v) is 7.15. The molecule has 0 spiro atoms. The first-order chi connectivity index (χ1) is 12.6. The Morgan fingerprint density at radius 3 is 2.92 bits per heavy atom. The Bertz CT molecular complexity index is 828. The van der Waals surface area contributed by atoms with Crippen LogP contribution < -0.4 is 10.1 Å². The van der Waals surface area contributed by atoms with Gasteiger partial charge in [0.2, 0.25) is 5.91 Å². The third kappa shape index (κ3) is 4.17. The maximum Gasteiger partial charge on any atom is 0.277 e. The lowest BCUT2D eigenvalue weighted by Gasteiger charge is -2.22. The monoisotopic (exact) mass is 372 g/mol. The average molecular weight is 372 g/mol. The highest BCUT2D eigenvalue weighted by atomic mass is 32.2. The summed E-state index contributed by atoms with van der Waals surface area (Å²) in [7, 11) is 0. The number of thioether (sulfide) groups is 1. The SMILES string of the molecule is CCOc1ccccc1-c1nnc(SCC(=O)NC(C)(C#N)C2CC2)o1. The number of nitrogens with one attached hydrogen (secondary N) is 1. The van der Waals surface area contributed by atoms with E-state index in [2.05, 4.69) is 21.6 Å². The molecule has 0 saturated heterocycles. The lowest BCUT2D eigenvalue weighted by atomic mass is 9.98. The Morgan fingerprint density at radius 2 is 2.23 bits per heavy atom. The predicted molar refractivity (Wildman–Crippen MR) is 96.5 cm³/mol. The van der Waals surface area contributed by atoms with Crippen LogP contribution in [-0.2, 0) is 4.79 Å². The van der Waals surface area contributed by atoms with Gasteiger partial charge in [0, 0.05) is 0 Å². The van der Waals surface area contributed by atoms with Crippen molar-refractivity contribution in [1.82, 2.24) is 15.5 Å². The molecule has 26 heavy (non-hydrogen) atoms. The fourth-order valence-corrected chi connectivity index (χ4v) is 3.20. The number of carbonyl (C=O) groups excluding carboxylic acids is 1. The number of hydrogen-bond acceptors (Lipinski definition) is 7. The topological polar surface area (TPSA) is 101 Å². The van der Waals surface area contributed by atoms with Gasteiger partial charge in [-0.3, -0.25) is 4.79 Å². The first kappa shape index (κ1) is 18.3. The molecule has 1 aliphatic carbocycles. The van der Waals surface area contributed by atoms with E-state index in [0.717, 1.165) is 24.6 Å². The summed E-state index contributed by atoms with van der Waals surface area (Å²) in [6.07, 6.45) is 1.95. The normalized spacial score (nSPS) is 15.7. The van der Waals surface area contributed by atoms with Gasteiger partial charge in [-0.05, 0) is 44.7 Å². The number of nitrogens with zero attached hydrogens (tertiary/aromatic N) is 3. The van der Waals surface area contributed by atoms with Gasteiger partial charge in [-0.1, -0.05) is 23.9 Å². The van der Waals surface area contributed by atoms with E-state index in [1.807, 2.05) is 31.2 Å². The molecule has 136 valence electrons. The van der Waals surface area contributed by atoms with Crippen molar-refractivity contribution in [2.24, 2.45) is 5.92 Å². The number of hydrogen-bond donors (Lipinski definition) is 1. The Kier molecular flexibility index (Phi) is 5.47. The van der Waals surface area contributed by atoms with Crippen LogP contribution in [0.5, 0.6) is 5.75 Å². The number of benzene rings is 1. The van der Waals surface area contributed by atoms with Crippen molar-refractivity contribution in [2.75, 3.05) is 12.4 Å². The average Bonchev–Trinajstić information content (AvgIpc) is 3.40. The molecule has 3 rings (SSSR count). The first-order valence-electron chi connectivity index (χ1n) is 8.46. The van der Waals surface area contributed by atoms with Crippen LogP contribution in [0, 0.1) is 17.2 Å². The summed E-state index contributed by atoms with van der Waals surface area (Å²) in [5.41, 5.74) is -0.0856. The van der Waals surface area contributed by atoms with Crippen LogP contribution in [0.4, 0.5) is 0 Å². The first-order valence-corrected chi connectivity index (χ1v) is 9.45. The van der Waals surface area contributed by atoms with Crippen molar-refractivity contribution in [2.45, 2.75) is 37.5 Å². The zero-order valence-corrected chi connectivity index (χ0v) is 15.5. The van der Waals surface area contributed by atoms with Crippen molar-refractivity contribution >= 4 is 17.7 Å². The van der Waals surface area contributed by atoms with Gasteiger partial charge in [0.15, 0.2) is 0 Å². The third-order valence-corrected chi connectivity index (χ3v) is 4.99. The molecule has 0 aliphatic heterocycles. The highest BCUT2D eigenvalue weighted by Crippen LogP contribution is 2.39.